The molecule has 0 saturated carbocycles. The lowest BCUT2D eigenvalue weighted by Crippen LogP contribution is -2.04. The molecule has 0 unspecified atom stereocenters. The molecule has 0 saturated heterocycles. The van der Waals surface area contributed by atoms with Crippen LogP contribution in [0.15, 0.2) is 164 Å². The van der Waals surface area contributed by atoms with E-state index in [0.29, 0.717) is 17.5 Å². The van der Waals surface area contributed by atoms with Gasteiger partial charge in [0.05, 0.1) is 16.7 Å². The van der Waals surface area contributed by atoms with Crippen LogP contribution in [0.5, 0.6) is 0 Å². The molecule has 0 fully saturated rings. The Kier molecular flexibility index (Phi) is 6.86. The van der Waals surface area contributed by atoms with E-state index in [9.17, 15) is 0 Å². The van der Waals surface area contributed by atoms with Crippen LogP contribution in [0.25, 0.3) is 93.0 Å². The normalized spacial score (nSPS) is 11.6. The molecule has 3 heterocycles. The molecule has 0 radical (unpaired) electrons. The second-order valence-electron chi connectivity index (χ2n) is 13.0. The van der Waals surface area contributed by atoms with Gasteiger partial charge in [-0.05, 0) is 66.1 Å². The zero-order chi connectivity index (χ0) is 33.9. The first-order valence-electron chi connectivity index (χ1n) is 17.1. The predicted molar refractivity (Wildman–Crippen MR) is 214 cm³/mol. The molecule has 10 rings (SSSR count). The largest absolute Gasteiger partial charge is 0.308 e. The highest BCUT2D eigenvalue weighted by Gasteiger charge is 2.20. The number of thiophene rings is 1. The summed E-state index contributed by atoms with van der Waals surface area (Å²) in [5, 5.41) is 4.98. The summed E-state index contributed by atoms with van der Waals surface area (Å²) in [7, 11) is 0. The Morgan fingerprint density at radius 2 is 1.00 bits per heavy atom. The summed E-state index contributed by atoms with van der Waals surface area (Å²) in [5.41, 5.74) is 9.58. The van der Waals surface area contributed by atoms with Crippen molar-refractivity contribution in [3.8, 4) is 51.0 Å². The SMILES string of the molecule is Cc1ccc2c3ccccc3n(-c3ccc(-c4ccc5sc6ccccc6c5c4)cc3-c3nc(-c4ccccc4)nc(-c4ccccc4)n3)c2c1. The number of benzene rings is 7. The van der Waals surface area contributed by atoms with Gasteiger partial charge in [-0.1, -0.05) is 121 Å². The van der Waals surface area contributed by atoms with Crippen molar-refractivity contribution in [2.45, 2.75) is 6.92 Å². The highest BCUT2D eigenvalue weighted by atomic mass is 32.1. The lowest BCUT2D eigenvalue weighted by atomic mass is 9.99. The van der Waals surface area contributed by atoms with Crippen LogP contribution in [0.2, 0.25) is 0 Å². The van der Waals surface area contributed by atoms with E-state index < -0.39 is 0 Å². The number of aromatic nitrogens is 4. The van der Waals surface area contributed by atoms with E-state index in [-0.39, 0.29) is 0 Å². The van der Waals surface area contributed by atoms with Gasteiger partial charge in [0.25, 0.3) is 0 Å². The first-order valence-corrected chi connectivity index (χ1v) is 17.9. The third-order valence-corrected chi connectivity index (χ3v) is 10.9. The van der Waals surface area contributed by atoms with E-state index in [1.54, 1.807) is 0 Å². The second kappa shape index (κ2) is 11.9. The predicted octanol–water partition coefficient (Wildman–Crippen LogP) is 12.3. The summed E-state index contributed by atoms with van der Waals surface area (Å²) in [4.78, 5) is 15.5. The van der Waals surface area contributed by atoms with Crippen molar-refractivity contribution in [1.82, 2.24) is 19.5 Å². The minimum atomic E-state index is 0.625. The fourth-order valence-electron chi connectivity index (χ4n) is 7.26. The molecule has 0 atom stereocenters. The highest BCUT2D eigenvalue weighted by Crippen LogP contribution is 2.40. The third kappa shape index (κ3) is 5.01. The van der Waals surface area contributed by atoms with Crippen molar-refractivity contribution >= 4 is 53.3 Å². The standard InChI is InChI=1S/C46H30N4S/c1-29-20-23-35-34-16-8-10-18-39(34)50(41(35)26-29)40-24-21-32(33-22-25-43-37(27-33)36-17-9-11-19-42(36)51-43)28-38(40)46-48-44(30-12-4-2-5-13-30)47-45(49-46)31-14-6-3-7-15-31/h2-28H,1H3. The quantitative estimate of drug-likeness (QED) is 0.183. The maximum absolute atomic E-state index is 5.23. The van der Waals surface area contributed by atoms with Crippen LogP contribution in [0, 0.1) is 6.92 Å². The van der Waals surface area contributed by atoms with Gasteiger partial charge in [-0.3, -0.25) is 0 Å². The fourth-order valence-corrected chi connectivity index (χ4v) is 8.35. The number of hydrogen-bond donors (Lipinski definition) is 0. The summed E-state index contributed by atoms with van der Waals surface area (Å²) >= 11 is 1.84. The Morgan fingerprint density at radius 3 is 1.76 bits per heavy atom. The maximum atomic E-state index is 5.23. The number of para-hydroxylation sites is 1. The third-order valence-electron chi connectivity index (χ3n) is 9.72. The average molecular weight is 671 g/mol. The van der Waals surface area contributed by atoms with Crippen LogP contribution in [-0.4, -0.2) is 19.5 Å². The van der Waals surface area contributed by atoms with E-state index >= 15 is 0 Å². The lowest BCUT2D eigenvalue weighted by Gasteiger charge is -2.16. The molecule has 51 heavy (non-hydrogen) atoms. The van der Waals surface area contributed by atoms with Gasteiger partial charge < -0.3 is 4.57 Å². The maximum Gasteiger partial charge on any atom is 0.166 e. The molecule has 0 spiro atoms. The summed E-state index contributed by atoms with van der Waals surface area (Å²) in [6, 6.07) is 57.9. The van der Waals surface area contributed by atoms with Crippen LogP contribution >= 0.6 is 11.3 Å². The van der Waals surface area contributed by atoms with Crippen molar-refractivity contribution in [2.75, 3.05) is 0 Å². The molecule has 5 heteroatoms. The Balaban J connectivity index is 1.28. The van der Waals surface area contributed by atoms with Gasteiger partial charge >= 0.3 is 0 Å². The van der Waals surface area contributed by atoms with Gasteiger partial charge in [-0.2, -0.15) is 0 Å². The van der Waals surface area contributed by atoms with E-state index in [4.69, 9.17) is 15.0 Å². The first kappa shape index (κ1) is 29.5. The number of aryl methyl sites for hydroxylation is 1. The van der Waals surface area contributed by atoms with Gasteiger partial charge in [0.1, 0.15) is 0 Å². The Labute approximate surface area is 299 Å². The average Bonchev–Trinajstić information content (AvgIpc) is 3.73. The van der Waals surface area contributed by atoms with E-state index in [1.165, 1.54) is 36.5 Å². The zero-order valence-corrected chi connectivity index (χ0v) is 28.6. The molecular formula is C46H30N4S. The van der Waals surface area contributed by atoms with E-state index in [0.717, 1.165) is 44.5 Å². The zero-order valence-electron chi connectivity index (χ0n) is 27.8. The van der Waals surface area contributed by atoms with Crippen LogP contribution in [0.4, 0.5) is 0 Å². The molecular weight excluding hydrogens is 641 g/mol. The van der Waals surface area contributed by atoms with Gasteiger partial charge in [0, 0.05) is 47.6 Å². The second-order valence-corrected chi connectivity index (χ2v) is 14.0. The van der Waals surface area contributed by atoms with Gasteiger partial charge in [-0.15, -0.1) is 11.3 Å². The summed E-state index contributed by atoms with van der Waals surface area (Å²) < 4.78 is 4.96. The van der Waals surface area contributed by atoms with Crippen LogP contribution in [0.1, 0.15) is 5.56 Å². The Hall–Kier alpha value is -6.43. The van der Waals surface area contributed by atoms with Crippen molar-refractivity contribution < 1.29 is 0 Å². The monoisotopic (exact) mass is 670 g/mol. The number of nitrogens with zero attached hydrogens (tertiary/aromatic N) is 4. The van der Waals surface area contributed by atoms with Gasteiger partial charge in [-0.25, -0.2) is 15.0 Å². The van der Waals surface area contributed by atoms with Crippen LogP contribution < -0.4 is 0 Å². The number of hydrogen-bond acceptors (Lipinski definition) is 4. The van der Waals surface area contributed by atoms with Crippen molar-refractivity contribution in [3.63, 3.8) is 0 Å². The lowest BCUT2D eigenvalue weighted by molar-refractivity contribution is 1.06. The van der Waals surface area contributed by atoms with E-state index in [1.807, 2.05) is 47.7 Å². The number of rotatable bonds is 5. The minimum Gasteiger partial charge on any atom is -0.308 e. The summed E-state index contributed by atoms with van der Waals surface area (Å²) in [5.74, 6) is 1.90. The molecule has 4 nitrogen and oxygen atoms in total. The summed E-state index contributed by atoms with van der Waals surface area (Å²) in [6.45, 7) is 2.15. The van der Waals surface area contributed by atoms with Crippen molar-refractivity contribution in [2.24, 2.45) is 0 Å². The fraction of sp³-hybridized carbons (Fsp3) is 0.0217. The van der Waals surface area contributed by atoms with Gasteiger partial charge in [0.2, 0.25) is 0 Å². The first-order chi connectivity index (χ1) is 25.2. The van der Waals surface area contributed by atoms with Crippen molar-refractivity contribution in [1.29, 1.82) is 0 Å². The molecule has 7 aromatic carbocycles. The van der Waals surface area contributed by atoms with E-state index in [2.05, 4.69) is 139 Å². The molecule has 0 N–H and O–H groups in total. The molecule has 10 aromatic rings. The van der Waals surface area contributed by atoms with Crippen LogP contribution in [0.3, 0.4) is 0 Å². The Morgan fingerprint density at radius 1 is 0.412 bits per heavy atom. The molecule has 0 aliphatic carbocycles. The molecule has 240 valence electrons. The molecule has 3 aromatic heterocycles. The van der Waals surface area contributed by atoms with Crippen molar-refractivity contribution in [3.05, 3.63) is 169 Å². The van der Waals surface area contributed by atoms with Gasteiger partial charge in [0.15, 0.2) is 17.5 Å². The Bertz CT molecular complexity index is 2870. The minimum absolute atomic E-state index is 0.625. The highest BCUT2D eigenvalue weighted by molar-refractivity contribution is 7.25. The summed E-state index contributed by atoms with van der Waals surface area (Å²) in [6.07, 6.45) is 0. The topological polar surface area (TPSA) is 43.6 Å². The number of fused-ring (bicyclic) bond motifs is 6. The molecule has 0 amide bonds. The molecule has 0 aliphatic rings. The van der Waals surface area contributed by atoms with Crippen LogP contribution in [-0.2, 0) is 0 Å². The smallest absolute Gasteiger partial charge is 0.166 e. The molecule has 0 aliphatic heterocycles. The molecule has 0 bridgehead atoms.